The van der Waals surface area contributed by atoms with Gasteiger partial charge in [0, 0.05) is 30.6 Å². The summed E-state index contributed by atoms with van der Waals surface area (Å²) in [6, 6.07) is 0.444. The largest absolute Gasteiger partial charge is 0.433 e. The monoisotopic (exact) mass is 576 g/mol. The first kappa shape index (κ1) is 27.8. The van der Waals surface area contributed by atoms with Crippen LogP contribution in [0.15, 0.2) is 30.5 Å². The number of nitrogens with zero attached hydrogens (tertiary/aromatic N) is 2. The molecule has 1 saturated carbocycles. The van der Waals surface area contributed by atoms with Crippen LogP contribution in [-0.4, -0.2) is 45.7 Å². The number of amides is 3. The number of benzene rings is 1. The Morgan fingerprint density at radius 1 is 1.07 bits per heavy atom. The molecule has 214 valence electrons. The number of primary amides is 1. The molecule has 3 heterocycles. The molecule has 3 N–H and O–H groups in total. The first-order valence-electron chi connectivity index (χ1n) is 12.0. The maximum atomic E-state index is 15.4. The summed E-state index contributed by atoms with van der Waals surface area (Å²) < 4.78 is 110. The molecule has 1 aromatic heterocycles. The summed E-state index contributed by atoms with van der Waals surface area (Å²) in [7, 11) is 0. The molecule has 2 aromatic rings. The highest BCUT2D eigenvalue weighted by Crippen LogP contribution is 2.67. The molecule has 5 rings (SSSR count). The van der Waals surface area contributed by atoms with Gasteiger partial charge in [-0.3, -0.25) is 19.4 Å². The molecule has 3 unspecified atom stereocenters. The van der Waals surface area contributed by atoms with Crippen molar-refractivity contribution in [2.45, 2.75) is 49.1 Å². The van der Waals surface area contributed by atoms with Gasteiger partial charge in [-0.15, -0.1) is 0 Å². The maximum absolute atomic E-state index is 15.4. The number of nitrogens with two attached hydrogens (primary N) is 1. The van der Waals surface area contributed by atoms with Gasteiger partial charge in [-0.1, -0.05) is 0 Å². The highest BCUT2D eigenvalue weighted by molar-refractivity contribution is 5.99. The van der Waals surface area contributed by atoms with Crippen molar-refractivity contribution in [1.29, 1.82) is 0 Å². The average Bonchev–Trinajstić information content (AvgIpc) is 3.21. The van der Waals surface area contributed by atoms with Crippen molar-refractivity contribution in [3.8, 4) is 0 Å². The van der Waals surface area contributed by atoms with Gasteiger partial charge in [-0.25, -0.2) is 8.78 Å². The zero-order valence-electron chi connectivity index (χ0n) is 20.2. The molecule has 5 atom stereocenters. The van der Waals surface area contributed by atoms with E-state index in [0.717, 1.165) is 17.2 Å². The number of carbonyl (C=O) groups excluding carboxylic acids is 3. The smallest absolute Gasteiger partial charge is 0.368 e. The molecular weight excluding hydrogens is 556 g/mol. The van der Waals surface area contributed by atoms with Crippen molar-refractivity contribution in [3.63, 3.8) is 0 Å². The second kappa shape index (κ2) is 9.13. The van der Waals surface area contributed by atoms with Crippen LogP contribution >= 0.6 is 0 Å². The molecule has 3 amide bonds. The minimum absolute atomic E-state index is 0.0128. The lowest BCUT2D eigenvalue weighted by molar-refractivity contribution is -0.141. The van der Waals surface area contributed by atoms with Gasteiger partial charge in [0.25, 0.3) is 5.91 Å². The molecule has 3 fully saturated rings. The number of fused-ring (bicyclic) bond motifs is 1. The van der Waals surface area contributed by atoms with E-state index in [0.29, 0.717) is 12.1 Å². The third-order valence-corrected chi connectivity index (χ3v) is 7.98. The number of likely N-dealkylation sites (tertiary alicyclic amines) is 1. The van der Waals surface area contributed by atoms with Gasteiger partial charge < -0.3 is 16.0 Å². The highest BCUT2D eigenvalue weighted by atomic mass is 19.4. The van der Waals surface area contributed by atoms with E-state index in [1.807, 2.05) is 0 Å². The van der Waals surface area contributed by atoms with Crippen molar-refractivity contribution in [2.24, 2.45) is 17.6 Å². The Bertz CT molecular complexity index is 1410. The van der Waals surface area contributed by atoms with E-state index in [1.165, 1.54) is 0 Å². The fraction of sp³-hybridized carbons (Fsp3) is 0.440. The molecule has 3 aliphatic rings. The van der Waals surface area contributed by atoms with E-state index in [2.05, 4.69) is 10.3 Å². The molecular formula is C25H20F8N4O3. The average molecular weight is 576 g/mol. The van der Waals surface area contributed by atoms with E-state index in [9.17, 15) is 45.1 Å². The number of halogens is 8. The van der Waals surface area contributed by atoms with E-state index < -0.39 is 93.4 Å². The van der Waals surface area contributed by atoms with Gasteiger partial charge in [-0.2, -0.15) is 26.3 Å². The van der Waals surface area contributed by atoms with Gasteiger partial charge in [0.15, 0.2) is 0 Å². The van der Waals surface area contributed by atoms with Crippen LogP contribution in [0.2, 0.25) is 0 Å². The van der Waals surface area contributed by atoms with Crippen LogP contribution in [0.1, 0.15) is 52.4 Å². The van der Waals surface area contributed by atoms with Crippen molar-refractivity contribution in [3.05, 3.63) is 64.5 Å². The molecule has 2 saturated heterocycles. The summed E-state index contributed by atoms with van der Waals surface area (Å²) in [5.41, 5.74) is -0.330. The molecule has 0 bridgehead atoms. The second-order valence-corrected chi connectivity index (χ2v) is 10.2. The summed E-state index contributed by atoms with van der Waals surface area (Å²) in [6.07, 6.45) is -9.63. The molecule has 1 aliphatic carbocycles. The Morgan fingerprint density at radius 2 is 1.77 bits per heavy atom. The topological polar surface area (TPSA) is 105 Å². The molecule has 0 radical (unpaired) electrons. The normalized spacial score (nSPS) is 26.9. The summed E-state index contributed by atoms with van der Waals surface area (Å²) in [5, 5.41) is 2.52. The summed E-state index contributed by atoms with van der Waals surface area (Å²) in [6.45, 7) is -0.100. The van der Waals surface area contributed by atoms with Gasteiger partial charge in [0.2, 0.25) is 11.8 Å². The molecule has 15 heteroatoms. The minimum atomic E-state index is -5.21. The molecule has 2 aliphatic heterocycles. The molecule has 1 aromatic carbocycles. The Morgan fingerprint density at radius 3 is 2.35 bits per heavy atom. The predicted molar refractivity (Wildman–Crippen MR) is 119 cm³/mol. The summed E-state index contributed by atoms with van der Waals surface area (Å²) in [5.74, 6) is -8.54. The highest BCUT2D eigenvalue weighted by Gasteiger charge is 2.72. The fourth-order valence-electron chi connectivity index (χ4n) is 6.36. The first-order valence-corrected chi connectivity index (χ1v) is 12.0. The van der Waals surface area contributed by atoms with Gasteiger partial charge in [0.05, 0.1) is 11.1 Å². The number of nitrogens with one attached hydrogen (secondary N) is 1. The standard InChI is InChI=1S/C25H20F8N4O3/c26-15-7-14(24(28,29)30)16(27)6-13(15)20(11-4-19(38)36-9-11)23-8-12(23)5-17(21(34)39)37(23)22(40)10-1-2-35-18(3-10)25(31,32)33/h1-3,6-7,11-12,17,20H,4-5,8-9H2,(H2,34,39)(H,36,38)/t11-,12?,17?,20-,23?/m0/s1. The molecule has 7 nitrogen and oxygen atoms in total. The Kier molecular flexibility index (Phi) is 6.34. The number of carbonyl (C=O) groups is 3. The van der Waals surface area contributed by atoms with E-state index in [4.69, 9.17) is 5.73 Å². The lowest BCUT2D eigenvalue weighted by atomic mass is 9.76. The number of pyridine rings is 1. The van der Waals surface area contributed by atoms with E-state index in [-0.39, 0.29) is 31.9 Å². The molecule has 40 heavy (non-hydrogen) atoms. The van der Waals surface area contributed by atoms with E-state index >= 15 is 4.39 Å². The predicted octanol–water partition coefficient (Wildman–Crippen LogP) is 3.78. The van der Waals surface area contributed by atoms with Crippen LogP contribution in [0.3, 0.4) is 0 Å². The zero-order chi connectivity index (χ0) is 29.4. The Balaban J connectivity index is 1.66. The number of hydrogen-bond donors (Lipinski definition) is 2. The lowest BCUT2D eigenvalue weighted by Crippen LogP contribution is -2.54. The van der Waals surface area contributed by atoms with Crippen LogP contribution in [0.4, 0.5) is 35.1 Å². The summed E-state index contributed by atoms with van der Waals surface area (Å²) in [4.78, 5) is 42.4. The first-order chi connectivity index (χ1) is 18.6. The number of aromatic nitrogens is 1. The van der Waals surface area contributed by atoms with Gasteiger partial charge >= 0.3 is 12.4 Å². The SMILES string of the molecule is NC(=O)C1CC2CC2([C@H](c2cc(F)c(C(F)(F)F)cc2F)[C@@H]2CNC(=O)C2)N1C(=O)c1ccnc(C(F)(F)F)c1. The fourth-order valence-corrected chi connectivity index (χ4v) is 6.36. The maximum Gasteiger partial charge on any atom is 0.433 e. The summed E-state index contributed by atoms with van der Waals surface area (Å²) >= 11 is 0. The Hall–Kier alpha value is -3.78. The third kappa shape index (κ3) is 4.44. The van der Waals surface area contributed by atoms with Crippen LogP contribution in [0, 0.1) is 23.5 Å². The van der Waals surface area contributed by atoms with Gasteiger partial charge in [-0.05, 0) is 54.5 Å². The second-order valence-electron chi connectivity index (χ2n) is 10.2. The van der Waals surface area contributed by atoms with Crippen LogP contribution in [0.5, 0.6) is 0 Å². The Labute approximate surface area is 220 Å². The van der Waals surface area contributed by atoms with Gasteiger partial charge in [0.1, 0.15) is 23.4 Å². The van der Waals surface area contributed by atoms with Crippen molar-refractivity contribution < 1.29 is 49.5 Å². The number of piperidine rings is 1. The van der Waals surface area contributed by atoms with Crippen LogP contribution < -0.4 is 11.1 Å². The lowest BCUT2D eigenvalue weighted by Gasteiger charge is -2.40. The van der Waals surface area contributed by atoms with Crippen molar-refractivity contribution in [2.75, 3.05) is 6.54 Å². The van der Waals surface area contributed by atoms with Crippen molar-refractivity contribution >= 4 is 17.7 Å². The quantitative estimate of drug-likeness (QED) is 0.529. The zero-order valence-corrected chi connectivity index (χ0v) is 20.2. The van der Waals surface area contributed by atoms with Crippen molar-refractivity contribution in [1.82, 2.24) is 15.2 Å². The number of alkyl halides is 6. The van der Waals surface area contributed by atoms with Crippen LogP contribution in [-0.2, 0) is 21.9 Å². The number of rotatable bonds is 5. The minimum Gasteiger partial charge on any atom is -0.368 e. The third-order valence-electron chi connectivity index (χ3n) is 7.98. The number of hydrogen-bond acceptors (Lipinski definition) is 4. The van der Waals surface area contributed by atoms with E-state index in [1.54, 1.807) is 0 Å². The van der Waals surface area contributed by atoms with Crippen LogP contribution in [0.25, 0.3) is 0 Å². The molecule has 0 spiro atoms.